The maximum absolute atomic E-state index is 10.0. The number of nitrogens with zero attached hydrogens (tertiary/aromatic N) is 1. The molecule has 0 spiro atoms. The molecule has 1 aromatic carbocycles. The third-order valence-electron chi connectivity index (χ3n) is 0.967. The van der Waals surface area contributed by atoms with Crippen LogP contribution >= 0.6 is 0 Å². The molecule has 1 rings (SSSR count). The van der Waals surface area contributed by atoms with Crippen LogP contribution in [-0.2, 0) is 22.5 Å². The zero-order valence-corrected chi connectivity index (χ0v) is 6.52. The normalized spacial score (nSPS) is 7.27. The van der Waals surface area contributed by atoms with Gasteiger partial charge in [-0.1, -0.05) is 18.2 Å². The van der Waals surface area contributed by atoms with Crippen LogP contribution < -0.4 is 0 Å². The van der Waals surface area contributed by atoms with Gasteiger partial charge < -0.3 is 5.48 Å². The Morgan fingerprint density at radius 2 is 1.64 bits per heavy atom. The van der Waals surface area contributed by atoms with E-state index in [0.717, 1.165) is 0 Å². The van der Waals surface area contributed by atoms with E-state index in [9.17, 15) is 10.1 Å². The van der Waals surface area contributed by atoms with E-state index >= 15 is 0 Å². The molecule has 0 aliphatic carbocycles. The average Bonchev–Trinajstić information content (AvgIpc) is 1.90. The largest absolute Gasteiger partial charge is 2.00 e. The molecular weight excluding hydrogens is 190 g/mol. The van der Waals surface area contributed by atoms with Crippen molar-refractivity contribution >= 4 is 5.69 Å². The number of nitro groups is 1. The summed E-state index contributed by atoms with van der Waals surface area (Å²) < 4.78 is 0. The molecule has 11 heavy (non-hydrogen) atoms. The van der Waals surface area contributed by atoms with E-state index < -0.39 is 4.92 Å². The Labute approximate surface area is 74.2 Å². The van der Waals surface area contributed by atoms with Gasteiger partial charge in [0, 0.05) is 12.1 Å². The molecule has 4 nitrogen and oxygen atoms in total. The van der Waals surface area contributed by atoms with Crippen LogP contribution in [-0.4, -0.2) is 4.92 Å². The molecule has 0 radical (unpaired) electrons. The summed E-state index contributed by atoms with van der Waals surface area (Å²) in [7, 11) is 0. The van der Waals surface area contributed by atoms with E-state index in [0.29, 0.717) is 0 Å². The van der Waals surface area contributed by atoms with E-state index in [1.165, 1.54) is 12.1 Å². The van der Waals surface area contributed by atoms with E-state index in [-0.39, 0.29) is 28.2 Å². The molecule has 0 N–H and O–H groups in total. The topological polar surface area (TPSA) is 71.6 Å². The van der Waals surface area contributed by atoms with Crippen LogP contribution in [0.3, 0.4) is 0 Å². The Hall–Kier alpha value is -0.901. The van der Waals surface area contributed by atoms with E-state index in [2.05, 4.69) is 0 Å². The van der Waals surface area contributed by atoms with Gasteiger partial charge in [0.05, 0.1) is 4.92 Å². The van der Waals surface area contributed by atoms with Crippen molar-refractivity contribution in [1.82, 2.24) is 0 Å². The molecule has 0 fully saturated rings. The van der Waals surface area contributed by atoms with E-state index in [4.69, 9.17) is 0 Å². The fourth-order valence-electron chi connectivity index (χ4n) is 0.550. The SMILES string of the molecule is O=[N+]([O-])c1ccccc1.[Fe+2].[O-2]. The zero-order valence-electron chi connectivity index (χ0n) is 5.41. The van der Waals surface area contributed by atoms with Gasteiger partial charge in [-0.25, -0.2) is 0 Å². The molecule has 5 heteroatoms. The fourth-order valence-corrected chi connectivity index (χ4v) is 0.550. The number of nitro benzene ring substituents is 1. The van der Waals surface area contributed by atoms with Gasteiger partial charge in [0.1, 0.15) is 0 Å². The van der Waals surface area contributed by atoms with Gasteiger partial charge in [-0.05, 0) is 0 Å². The molecule has 0 atom stereocenters. The molecule has 0 aliphatic rings. The van der Waals surface area contributed by atoms with Crippen molar-refractivity contribution in [2.75, 3.05) is 0 Å². The predicted octanol–water partition coefficient (Wildman–Crippen LogP) is 1.47. The minimum absolute atomic E-state index is 0. The van der Waals surface area contributed by atoms with Crippen LogP contribution in [0.25, 0.3) is 0 Å². The van der Waals surface area contributed by atoms with Gasteiger partial charge in [-0.15, -0.1) is 0 Å². The number of hydrogen-bond acceptors (Lipinski definition) is 2. The molecule has 1 aromatic rings. The second-order valence-corrected chi connectivity index (χ2v) is 1.59. The minimum Gasteiger partial charge on any atom is -2.00 e. The summed E-state index contributed by atoms with van der Waals surface area (Å²) in [6, 6.07) is 7.93. The first kappa shape index (κ1) is 12.7. The van der Waals surface area contributed by atoms with Crippen LogP contribution in [0.2, 0.25) is 0 Å². The van der Waals surface area contributed by atoms with Crippen LogP contribution in [0, 0.1) is 10.1 Å². The Bertz CT molecular complexity index is 214. The van der Waals surface area contributed by atoms with E-state index in [1.54, 1.807) is 18.2 Å². The van der Waals surface area contributed by atoms with Crippen LogP contribution in [0.15, 0.2) is 30.3 Å². The standard InChI is InChI=1S/C6H5NO2.Fe.O/c8-7(9)6-4-2-1-3-5-6;;/h1-5H;;/q;+2;-2. The summed E-state index contributed by atoms with van der Waals surface area (Å²) in [5.41, 5.74) is 0.137. The maximum Gasteiger partial charge on any atom is 2.00 e. The summed E-state index contributed by atoms with van der Waals surface area (Å²) in [5, 5.41) is 10.0. The molecule has 0 amide bonds. The first-order valence-electron chi connectivity index (χ1n) is 2.50. The number of non-ortho nitro benzene ring substituents is 1. The van der Waals surface area contributed by atoms with Crippen molar-refractivity contribution in [3.63, 3.8) is 0 Å². The van der Waals surface area contributed by atoms with Gasteiger partial charge in [0.2, 0.25) is 0 Å². The molecular formula is C6H5FeNO3. The summed E-state index contributed by atoms with van der Waals surface area (Å²) in [4.78, 5) is 9.59. The van der Waals surface area contributed by atoms with E-state index in [1.807, 2.05) is 0 Å². The van der Waals surface area contributed by atoms with Crippen molar-refractivity contribution in [2.24, 2.45) is 0 Å². The fraction of sp³-hybridized carbons (Fsp3) is 0. The first-order chi connectivity index (χ1) is 4.30. The van der Waals surface area contributed by atoms with Gasteiger partial charge in [-0.3, -0.25) is 10.1 Å². The first-order valence-corrected chi connectivity index (χ1v) is 2.50. The average molecular weight is 195 g/mol. The molecule has 60 valence electrons. The van der Waals surface area contributed by atoms with Crippen LogP contribution in [0.5, 0.6) is 0 Å². The summed E-state index contributed by atoms with van der Waals surface area (Å²) in [6.45, 7) is 0. The van der Waals surface area contributed by atoms with Crippen molar-refractivity contribution in [3.8, 4) is 0 Å². The third-order valence-corrected chi connectivity index (χ3v) is 0.967. The molecule has 0 saturated carbocycles. The smallest absolute Gasteiger partial charge is 2.00 e. The summed E-state index contributed by atoms with van der Waals surface area (Å²) >= 11 is 0. The van der Waals surface area contributed by atoms with Crippen molar-refractivity contribution in [3.05, 3.63) is 40.4 Å². The zero-order chi connectivity index (χ0) is 6.69. The molecule has 0 bridgehead atoms. The number of hydrogen-bond donors (Lipinski definition) is 0. The second kappa shape index (κ2) is 5.85. The number of para-hydroxylation sites is 1. The summed E-state index contributed by atoms with van der Waals surface area (Å²) in [6.07, 6.45) is 0. The molecule has 0 unspecified atom stereocenters. The number of rotatable bonds is 1. The van der Waals surface area contributed by atoms with Gasteiger partial charge >= 0.3 is 17.1 Å². The van der Waals surface area contributed by atoms with Crippen molar-refractivity contribution in [1.29, 1.82) is 0 Å². The molecule has 0 heterocycles. The molecule has 0 aromatic heterocycles. The van der Waals surface area contributed by atoms with Gasteiger partial charge in [0.25, 0.3) is 5.69 Å². The van der Waals surface area contributed by atoms with Gasteiger partial charge in [-0.2, -0.15) is 0 Å². The van der Waals surface area contributed by atoms with Crippen molar-refractivity contribution < 1.29 is 27.5 Å². The quantitative estimate of drug-likeness (QED) is 0.386. The minimum atomic E-state index is -0.417. The Balaban J connectivity index is 0. The third kappa shape index (κ3) is 3.72. The van der Waals surface area contributed by atoms with Crippen LogP contribution in [0.1, 0.15) is 0 Å². The maximum atomic E-state index is 10.0. The van der Waals surface area contributed by atoms with Crippen molar-refractivity contribution in [2.45, 2.75) is 0 Å². The Morgan fingerprint density at radius 3 is 1.91 bits per heavy atom. The molecule has 0 aliphatic heterocycles. The Morgan fingerprint density at radius 1 is 1.18 bits per heavy atom. The Kier molecular flexibility index (Phi) is 6.78. The summed E-state index contributed by atoms with van der Waals surface area (Å²) in [5.74, 6) is 0. The number of benzene rings is 1. The van der Waals surface area contributed by atoms with Gasteiger partial charge in [0.15, 0.2) is 0 Å². The monoisotopic (exact) mass is 195 g/mol. The second-order valence-electron chi connectivity index (χ2n) is 1.59. The molecule has 0 saturated heterocycles. The van der Waals surface area contributed by atoms with Crippen LogP contribution in [0.4, 0.5) is 5.69 Å². The predicted molar refractivity (Wildman–Crippen MR) is 33.8 cm³/mol.